The summed E-state index contributed by atoms with van der Waals surface area (Å²) < 4.78 is 0. The molecule has 9 heteroatoms. The summed E-state index contributed by atoms with van der Waals surface area (Å²) in [5.41, 5.74) is 14.8. The fraction of sp³-hybridized carbons (Fsp3) is 0.0500. The van der Waals surface area contributed by atoms with Crippen LogP contribution in [0.25, 0.3) is 11.3 Å². The number of hydrogen-bond acceptors (Lipinski definition) is 5. The zero-order valence-corrected chi connectivity index (χ0v) is 17.7. The van der Waals surface area contributed by atoms with Crippen LogP contribution < -0.4 is 11.5 Å². The summed E-state index contributed by atoms with van der Waals surface area (Å²) in [6.45, 7) is 0.406. The summed E-state index contributed by atoms with van der Waals surface area (Å²) in [6.07, 6.45) is 1.80. The molecule has 29 heavy (non-hydrogen) atoms. The van der Waals surface area contributed by atoms with Crippen molar-refractivity contribution in [1.29, 1.82) is 0 Å². The van der Waals surface area contributed by atoms with E-state index in [4.69, 9.17) is 11.5 Å². The van der Waals surface area contributed by atoms with Crippen molar-refractivity contribution in [1.82, 2.24) is 9.97 Å². The molecule has 0 fully saturated rings. The number of nitrogens with one attached hydrogen (secondary N) is 1. The summed E-state index contributed by atoms with van der Waals surface area (Å²) in [5.74, 6) is 1.81. The third-order valence-corrected chi connectivity index (χ3v) is 5.79. The Morgan fingerprint density at radius 3 is 2.21 bits per heavy atom. The van der Waals surface area contributed by atoms with Crippen molar-refractivity contribution >= 4 is 52.4 Å². The summed E-state index contributed by atoms with van der Waals surface area (Å²) in [7, 11) is 0. The average molecular weight is 443 g/mol. The van der Waals surface area contributed by atoms with E-state index in [0.717, 1.165) is 32.5 Å². The van der Waals surface area contributed by atoms with Gasteiger partial charge in [-0.25, -0.2) is 9.98 Å². The molecule has 0 aliphatic heterocycles. The van der Waals surface area contributed by atoms with Crippen LogP contribution in [0, 0.1) is 0 Å². The van der Waals surface area contributed by atoms with Crippen molar-refractivity contribution < 1.29 is 0 Å². The van der Waals surface area contributed by atoms with Gasteiger partial charge in [0.25, 0.3) is 0 Å². The van der Waals surface area contributed by atoms with Gasteiger partial charge in [-0.05, 0) is 40.6 Å². The second-order valence-corrected chi connectivity index (χ2v) is 7.84. The van der Waals surface area contributed by atoms with Crippen LogP contribution in [0.3, 0.4) is 0 Å². The van der Waals surface area contributed by atoms with Gasteiger partial charge in [0, 0.05) is 0 Å². The van der Waals surface area contributed by atoms with Gasteiger partial charge in [-0.15, -0.1) is 35.1 Å². The third kappa shape index (κ3) is 5.11. The van der Waals surface area contributed by atoms with E-state index in [1.807, 2.05) is 59.3 Å². The highest BCUT2D eigenvalue weighted by Gasteiger charge is 2.05. The van der Waals surface area contributed by atoms with Crippen molar-refractivity contribution in [3.8, 4) is 11.3 Å². The summed E-state index contributed by atoms with van der Waals surface area (Å²) in [6, 6.07) is 15.7. The van der Waals surface area contributed by atoms with Gasteiger partial charge in [-0.3, -0.25) is 4.99 Å². The fourth-order valence-corrected chi connectivity index (χ4v) is 3.86. The summed E-state index contributed by atoms with van der Waals surface area (Å²) >= 11 is 3.14. The van der Waals surface area contributed by atoms with Crippen LogP contribution in [-0.2, 0) is 6.54 Å². The Morgan fingerprint density at radius 1 is 0.931 bits per heavy atom. The smallest absolute Gasteiger partial charge is 0.141 e. The number of imidazole rings is 1. The van der Waals surface area contributed by atoms with Crippen LogP contribution in [0.15, 0.2) is 75.5 Å². The maximum absolute atomic E-state index is 6.04. The molecule has 6 nitrogen and oxygen atoms in total. The minimum atomic E-state index is 0. The van der Waals surface area contributed by atoms with E-state index in [0.29, 0.717) is 18.2 Å². The summed E-state index contributed by atoms with van der Waals surface area (Å²) in [4.78, 5) is 18.5. The maximum atomic E-state index is 6.04. The molecule has 0 amide bonds. The Morgan fingerprint density at radius 2 is 1.59 bits per heavy atom. The highest BCUT2D eigenvalue weighted by Crippen LogP contribution is 2.22. The fourth-order valence-electron chi connectivity index (χ4n) is 2.59. The van der Waals surface area contributed by atoms with Crippen molar-refractivity contribution in [3.05, 3.63) is 81.1 Å². The molecule has 0 aliphatic rings. The number of hydrogen-bond donors (Lipinski definition) is 3. The number of aromatic nitrogens is 2. The van der Waals surface area contributed by atoms with Gasteiger partial charge in [0.15, 0.2) is 0 Å². The molecule has 0 unspecified atom stereocenters. The van der Waals surface area contributed by atoms with E-state index >= 15 is 0 Å². The number of H-pyrrole nitrogens is 1. The Hall–Kier alpha value is -2.94. The number of thiophene rings is 2. The van der Waals surface area contributed by atoms with Gasteiger partial charge in [0.1, 0.15) is 17.5 Å². The van der Waals surface area contributed by atoms with E-state index in [-0.39, 0.29) is 12.4 Å². The molecule has 4 aromatic rings. The normalized spacial score (nSPS) is 12.0. The minimum absolute atomic E-state index is 0. The highest BCUT2D eigenvalue weighted by atomic mass is 35.5. The van der Waals surface area contributed by atoms with Crippen molar-refractivity contribution in [3.63, 3.8) is 0 Å². The van der Waals surface area contributed by atoms with Gasteiger partial charge >= 0.3 is 0 Å². The Labute approximate surface area is 182 Å². The SMILES string of the molecule is Cl.NC(=NCc1ncc(-c2ccc(N=C(N)c3cccs3)cc2)[nH]1)c1cccs1. The van der Waals surface area contributed by atoms with Crippen molar-refractivity contribution in [2.75, 3.05) is 0 Å². The zero-order chi connectivity index (χ0) is 19.3. The first-order valence-electron chi connectivity index (χ1n) is 8.55. The Balaban J connectivity index is 0.00000240. The number of halogens is 1. The van der Waals surface area contributed by atoms with Crippen LogP contribution in [-0.4, -0.2) is 21.6 Å². The quantitative estimate of drug-likeness (QED) is 0.301. The molecule has 3 heterocycles. The lowest BCUT2D eigenvalue weighted by molar-refractivity contribution is 0.948. The number of nitrogens with two attached hydrogens (primary N) is 2. The minimum Gasteiger partial charge on any atom is -0.383 e. The molecule has 0 aliphatic carbocycles. The number of amidine groups is 2. The average Bonchev–Trinajstić information content (AvgIpc) is 3.49. The molecule has 0 spiro atoms. The molecule has 4 rings (SSSR count). The Bertz CT molecular complexity index is 1100. The lowest BCUT2D eigenvalue weighted by Crippen LogP contribution is -2.11. The third-order valence-electron chi connectivity index (χ3n) is 4.00. The molecule has 0 radical (unpaired) electrons. The first kappa shape index (κ1) is 20.8. The van der Waals surface area contributed by atoms with Gasteiger partial charge in [-0.1, -0.05) is 24.3 Å². The van der Waals surface area contributed by atoms with Crippen LogP contribution in [0.2, 0.25) is 0 Å². The molecule has 0 saturated carbocycles. The van der Waals surface area contributed by atoms with E-state index in [1.54, 1.807) is 28.9 Å². The lowest BCUT2D eigenvalue weighted by Gasteiger charge is -2.01. The molecule has 0 atom stereocenters. The second kappa shape index (κ2) is 9.51. The number of nitrogens with zero attached hydrogens (tertiary/aromatic N) is 3. The monoisotopic (exact) mass is 442 g/mol. The maximum Gasteiger partial charge on any atom is 0.141 e. The van der Waals surface area contributed by atoms with Crippen LogP contribution in [0.1, 0.15) is 15.6 Å². The predicted octanol–water partition coefficient (Wildman–Crippen LogP) is 4.56. The highest BCUT2D eigenvalue weighted by molar-refractivity contribution is 7.12. The summed E-state index contributed by atoms with van der Waals surface area (Å²) in [5, 5.41) is 3.96. The van der Waals surface area contributed by atoms with E-state index in [2.05, 4.69) is 20.0 Å². The van der Waals surface area contributed by atoms with Gasteiger partial charge in [0.2, 0.25) is 0 Å². The van der Waals surface area contributed by atoms with E-state index in [9.17, 15) is 0 Å². The first-order chi connectivity index (χ1) is 13.7. The lowest BCUT2D eigenvalue weighted by atomic mass is 10.1. The number of aliphatic imine (C=N–C) groups is 2. The zero-order valence-electron chi connectivity index (χ0n) is 15.3. The number of benzene rings is 1. The Kier molecular flexibility index (Phi) is 6.82. The van der Waals surface area contributed by atoms with Crippen molar-refractivity contribution in [2.24, 2.45) is 21.5 Å². The number of rotatable bonds is 6. The van der Waals surface area contributed by atoms with E-state index < -0.39 is 0 Å². The van der Waals surface area contributed by atoms with Gasteiger partial charge in [0.05, 0.1) is 33.9 Å². The molecule has 5 N–H and O–H groups in total. The molecule has 0 bridgehead atoms. The molecule has 3 aromatic heterocycles. The van der Waals surface area contributed by atoms with Crippen LogP contribution in [0.5, 0.6) is 0 Å². The van der Waals surface area contributed by atoms with Crippen LogP contribution in [0.4, 0.5) is 5.69 Å². The largest absolute Gasteiger partial charge is 0.383 e. The molecule has 0 saturated heterocycles. The first-order valence-corrected chi connectivity index (χ1v) is 10.3. The predicted molar refractivity (Wildman–Crippen MR) is 125 cm³/mol. The van der Waals surface area contributed by atoms with Crippen LogP contribution >= 0.6 is 35.1 Å². The second-order valence-electron chi connectivity index (χ2n) is 5.94. The molecular formula is C20H19ClN6S2. The van der Waals surface area contributed by atoms with Crippen molar-refractivity contribution in [2.45, 2.75) is 6.54 Å². The standard InChI is InChI=1S/C20H18N6S2.ClH/c21-19(16-3-1-9-27-16)24-12-18-23-11-15(26-18)13-5-7-14(8-6-13)25-20(22)17-4-2-10-28-17;/h1-11H,12H2,(H2,21,24)(H2,22,25)(H,23,26);1H. The van der Waals surface area contributed by atoms with Gasteiger partial charge in [-0.2, -0.15) is 0 Å². The van der Waals surface area contributed by atoms with E-state index in [1.165, 1.54) is 0 Å². The molecular weight excluding hydrogens is 424 g/mol. The topological polar surface area (TPSA) is 105 Å². The number of aromatic amines is 1. The van der Waals surface area contributed by atoms with Gasteiger partial charge < -0.3 is 16.5 Å². The molecule has 148 valence electrons. The molecule has 1 aromatic carbocycles.